The van der Waals surface area contributed by atoms with Gasteiger partial charge in [-0.3, -0.25) is 4.79 Å². The molecule has 15 heavy (non-hydrogen) atoms. The fourth-order valence-electron chi connectivity index (χ4n) is 1.63. The van der Waals surface area contributed by atoms with Crippen LogP contribution in [0.5, 0.6) is 0 Å². The second-order valence-electron chi connectivity index (χ2n) is 3.73. The lowest BCUT2D eigenvalue weighted by molar-refractivity contribution is -0.148. The Labute approximate surface area is 86.6 Å². The van der Waals surface area contributed by atoms with Crippen molar-refractivity contribution in [2.24, 2.45) is 0 Å². The van der Waals surface area contributed by atoms with Crippen molar-refractivity contribution in [3.05, 3.63) is 0 Å². The normalized spacial score (nSPS) is 22.1. The van der Waals surface area contributed by atoms with Crippen molar-refractivity contribution < 1.29 is 18.0 Å². The van der Waals surface area contributed by atoms with Gasteiger partial charge in [0.15, 0.2) is 0 Å². The maximum Gasteiger partial charge on any atom is 0.389 e. The van der Waals surface area contributed by atoms with Crippen molar-refractivity contribution in [3.63, 3.8) is 0 Å². The molecule has 0 aliphatic carbocycles. The number of likely N-dealkylation sites (N-methyl/N-ethyl adjacent to an activating group) is 1. The number of rotatable bonds is 3. The number of carbonyl (C=O) groups is 1. The zero-order valence-electron chi connectivity index (χ0n) is 8.60. The van der Waals surface area contributed by atoms with Gasteiger partial charge in [0.1, 0.15) is 0 Å². The minimum atomic E-state index is -4.24. The minimum Gasteiger partial charge on any atom is -0.341 e. The molecule has 88 valence electrons. The summed E-state index contributed by atoms with van der Waals surface area (Å²) in [5.41, 5.74) is 0. The molecule has 1 unspecified atom stereocenters. The quantitative estimate of drug-likeness (QED) is 0.780. The van der Waals surface area contributed by atoms with E-state index in [1.165, 1.54) is 4.90 Å². The number of nitrogens with one attached hydrogen (secondary N) is 1. The molecule has 0 aromatic rings. The van der Waals surface area contributed by atoms with Crippen LogP contribution in [-0.4, -0.2) is 43.2 Å². The molecular weight excluding hydrogens is 209 g/mol. The van der Waals surface area contributed by atoms with Gasteiger partial charge in [-0.2, -0.15) is 13.2 Å². The first-order valence-corrected chi connectivity index (χ1v) is 4.94. The van der Waals surface area contributed by atoms with Crippen LogP contribution in [0.2, 0.25) is 0 Å². The van der Waals surface area contributed by atoms with Crippen molar-refractivity contribution in [1.29, 1.82) is 0 Å². The monoisotopic (exact) mass is 224 g/mol. The molecule has 0 radical (unpaired) electrons. The summed E-state index contributed by atoms with van der Waals surface area (Å²) in [7, 11) is 1.79. The molecule has 6 heteroatoms. The lowest BCUT2D eigenvalue weighted by Crippen LogP contribution is -2.33. The van der Waals surface area contributed by atoms with Crippen LogP contribution in [0.3, 0.4) is 0 Å². The van der Waals surface area contributed by atoms with Gasteiger partial charge in [0.05, 0.1) is 6.42 Å². The maximum absolute atomic E-state index is 11.9. The number of halogens is 3. The third kappa shape index (κ3) is 4.07. The number of likely N-dealkylation sites (tertiary alicyclic amines) is 1. The van der Waals surface area contributed by atoms with E-state index in [1.54, 1.807) is 7.05 Å². The fraction of sp³-hybridized carbons (Fsp3) is 0.889. The number of hydrogen-bond donors (Lipinski definition) is 1. The summed E-state index contributed by atoms with van der Waals surface area (Å²) in [6.45, 7) is 1.08. The van der Waals surface area contributed by atoms with Gasteiger partial charge in [-0.1, -0.05) is 0 Å². The molecule has 3 nitrogen and oxygen atoms in total. The van der Waals surface area contributed by atoms with Gasteiger partial charge in [-0.25, -0.2) is 0 Å². The van der Waals surface area contributed by atoms with Gasteiger partial charge in [0.2, 0.25) is 5.91 Å². The Hall–Kier alpha value is -0.780. The summed E-state index contributed by atoms with van der Waals surface area (Å²) in [6, 6.07) is 0.222. The highest BCUT2D eigenvalue weighted by atomic mass is 19.4. The number of amides is 1. The Morgan fingerprint density at radius 2 is 2.20 bits per heavy atom. The van der Waals surface area contributed by atoms with Crippen LogP contribution in [0.15, 0.2) is 0 Å². The summed E-state index contributed by atoms with van der Waals surface area (Å²) >= 11 is 0. The van der Waals surface area contributed by atoms with Crippen LogP contribution in [0.4, 0.5) is 13.2 Å². The van der Waals surface area contributed by atoms with E-state index in [1.807, 2.05) is 0 Å². The van der Waals surface area contributed by atoms with E-state index in [4.69, 9.17) is 0 Å². The van der Waals surface area contributed by atoms with Crippen molar-refractivity contribution in [3.8, 4) is 0 Å². The lowest BCUT2D eigenvalue weighted by Gasteiger charge is -2.16. The highest BCUT2D eigenvalue weighted by Gasteiger charge is 2.31. The van der Waals surface area contributed by atoms with Gasteiger partial charge < -0.3 is 10.2 Å². The molecule has 1 heterocycles. The molecule has 1 fully saturated rings. The Balaban J connectivity index is 2.30. The molecular formula is C9H15F3N2O. The maximum atomic E-state index is 11.9. The van der Waals surface area contributed by atoms with Crippen LogP contribution in [0.1, 0.15) is 19.3 Å². The van der Waals surface area contributed by atoms with Crippen LogP contribution in [0.25, 0.3) is 0 Å². The molecule has 0 aromatic carbocycles. The predicted octanol–water partition coefficient (Wildman–Crippen LogP) is 1.15. The van der Waals surface area contributed by atoms with Crippen LogP contribution in [-0.2, 0) is 4.79 Å². The molecule has 1 atom stereocenters. The van der Waals surface area contributed by atoms with E-state index in [9.17, 15) is 18.0 Å². The van der Waals surface area contributed by atoms with Crippen LogP contribution >= 0.6 is 0 Å². The van der Waals surface area contributed by atoms with E-state index < -0.39 is 24.9 Å². The number of nitrogens with zero attached hydrogens (tertiary/aromatic N) is 1. The average Bonchev–Trinajstić information content (AvgIpc) is 2.61. The molecule has 1 aliphatic rings. The third-order valence-electron chi connectivity index (χ3n) is 2.57. The predicted molar refractivity (Wildman–Crippen MR) is 49.3 cm³/mol. The molecule has 0 spiro atoms. The molecule has 0 bridgehead atoms. The summed E-state index contributed by atoms with van der Waals surface area (Å²) in [5, 5.41) is 3.00. The molecule has 1 rings (SSSR count). The van der Waals surface area contributed by atoms with Crippen LogP contribution in [0, 0.1) is 0 Å². The molecule has 1 amide bonds. The van der Waals surface area contributed by atoms with E-state index >= 15 is 0 Å². The largest absolute Gasteiger partial charge is 0.389 e. The number of alkyl halides is 3. The Morgan fingerprint density at radius 3 is 2.67 bits per heavy atom. The molecule has 1 aliphatic heterocycles. The van der Waals surface area contributed by atoms with Gasteiger partial charge in [-0.05, 0) is 13.5 Å². The van der Waals surface area contributed by atoms with Crippen LogP contribution < -0.4 is 5.32 Å². The molecule has 1 N–H and O–H groups in total. The summed E-state index contributed by atoms with van der Waals surface area (Å²) in [6.07, 6.45) is -4.88. The van der Waals surface area contributed by atoms with Crippen molar-refractivity contribution in [2.75, 3.05) is 20.1 Å². The van der Waals surface area contributed by atoms with Gasteiger partial charge in [-0.15, -0.1) is 0 Å². The van der Waals surface area contributed by atoms with Gasteiger partial charge in [0, 0.05) is 25.6 Å². The van der Waals surface area contributed by atoms with Gasteiger partial charge >= 0.3 is 6.18 Å². The highest BCUT2D eigenvalue weighted by molar-refractivity contribution is 5.76. The standard InChI is InChI=1S/C9H15F3N2O/c1-13-7-3-5-14(6-7)8(15)2-4-9(10,11)12/h7,13H,2-6H2,1H3. The Morgan fingerprint density at radius 1 is 1.53 bits per heavy atom. The van der Waals surface area contributed by atoms with E-state index in [0.29, 0.717) is 13.1 Å². The van der Waals surface area contributed by atoms with E-state index in [0.717, 1.165) is 6.42 Å². The zero-order chi connectivity index (χ0) is 11.5. The summed E-state index contributed by atoms with van der Waals surface area (Å²) in [4.78, 5) is 12.8. The Bertz CT molecular complexity index is 230. The topological polar surface area (TPSA) is 32.3 Å². The minimum absolute atomic E-state index is 0.222. The van der Waals surface area contributed by atoms with E-state index in [-0.39, 0.29) is 6.04 Å². The second-order valence-corrected chi connectivity index (χ2v) is 3.73. The third-order valence-corrected chi connectivity index (χ3v) is 2.57. The summed E-state index contributed by atoms with van der Waals surface area (Å²) < 4.78 is 35.6. The average molecular weight is 224 g/mol. The second kappa shape index (κ2) is 4.83. The first-order chi connectivity index (χ1) is 6.92. The molecule has 1 saturated heterocycles. The number of hydrogen-bond acceptors (Lipinski definition) is 2. The molecule has 0 aromatic heterocycles. The lowest BCUT2D eigenvalue weighted by atomic mass is 10.2. The van der Waals surface area contributed by atoms with Crippen molar-refractivity contribution in [2.45, 2.75) is 31.5 Å². The SMILES string of the molecule is CNC1CCN(C(=O)CCC(F)(F)F)C1. The Kier molecular flexibility index (Phi) is 3.96. The zero-order valence-corrected chi connectivity index (χ0v) is 8.60. The first kappa shape index (κ1) is 12.3. The number of carbonyl (C=O) groups excluding carboxylic acids is 1. The first-order valence-electron chi connectivity index (χ1n) is 4.94. The van der Waals surface area contributed by atoms with Gasteiger partial charge in [0.25, 0.3) is 0 Å². The fourth-order valence-corrected chi connectivity index (χ4v) is 1.63. The van der Waals surface area contributed by atoms with E-state index in [2.05, 4.69) is 5.32 Å². The smallest absolute Gasteiger partial charge is 0.341 e. The molecule has 0 saturated carbocycles. The van der Waals surface area contributed by atoms with Crippen molar-refractivity contribution >= 4 is 5.91 Å². The summed E-state index contributed by atoms with van der Waals surface area (Å²) in [5.74, 6) is -0.398. The highest BCUT2D eigenvalue weighted by Crippen LogP contribution is 2.22. The van der Waals surface area contributed by atoms with Crippen molar-refractivity contribution in [1.82, 2.24) is 10.2 Å².